The van der Waals surface area contributed by atoms with E-state index >= 15 is 0 Å². The van der Waals surface area contributed by atoms with Crippen molar-refractivity contribution in [3.63, 3.8) is 0 Å². The molecule has 0 radical (unpaired) electrons. The van der Waals surface area contributed by atoms with Gasteiger partial charge in [0.1, 0.15) is 17.2 Å². The number of aryl methyl sites for hydroxylation is 2. The lowest BCUT2D eigenvalue weighted by atomic mass is 10.2. The summed E-state index contributed by atoms with van der Waals surface area (Å²) in [6.07, 6.45) is 1.56. The number of benzene rings is 2. The van der Waals surface area contributed by atoms with Crippen LogP contribution in [0.5, 0.6) is 11.5 Å². The van der Waals surface area contributed by atoms with Gasteiger partial charge in [-0.2, -0.15) is 10.2 Å². The third-order valence-corrected chi connectivity index (χ3v) is 4.53. The van der Waals surface area contributed by atoms with Crippen LogP contribution < -0.4 is 10.2 Å². The van der Waals surface area contributed by atoms with E-state index in [1.807, 2.05) is 61.5 Å². The first-order valence-electron chi connectivity index (χ1n) is 7.90. The molecule has 3 rings (SSSR count). The maximum atomic E-state index is 12.3. The van der Waals surface area contributed by atoms with Crippen molar-refractivity contribution in [3.8, 4) is 11.5 Å². The van der Waals surface area contributed by atoms with Gasteiger partial charge in [0.15, 0.2) is 0 Å². The Hall–Kier alpha value is -2.93. The van der Waals surface area contributed by atoms with Gasteiger partial charge in [0, 0.05) is 7.05 Å². The van der Waals surface area contributed by atoms with E-state index in [9.17, 15) is 4.79 Å². The highest BCUT2D eigenvalue weighted by molar-refractivity contribution is 9.10. The molecule has 0 fully saturated rings. The molecule has 0 unspecified atom stereocenters. The number of nitrogens with one attached hydrogen (secondary N) is 1. The first-order chi connectivity index (χ1) is 12.5. The molecule has 1 amide bonds. The molecule has 0 saturated carbocycles. The normalized spacial score (nSPS) is 10.9. The number of hydrazone groups is 1. The van der Waals surface area contributed by atoms with Crippen LogP contribution in [-0.4, -0.2) is 21.9 Å². The Bertz CT molecular complexity index is 951. The number of hydrogen-bond donors (Lipinski definition) is 1. The summed E-state index contributed by atoms with van der Waals surface area (Å²) in [6, 6.07) is 17.0. The lowest BCUT2D eigenvalue weighted by Crippen LogP contribution is -2.21. The highest BCUT2D eigenvalue weighted by Gasteiger charge is 2.17. The molecule has 7 heteroatoms. The number of para-hydroxylation sites is 1. The third kappa shape index (κ3) is 4.18. The van der Waals surface area contributed by atoms with Crippen molar-refractivity contribution in [1.29, 1.82) is 0 Å². The van der Waals surface area contributed by atoms with Crippen LogP contribution in [0.25, 0.3) is 0 Å². The Morgan fingerprint density at radius 1 is 1.19 bits per heavy atom. The molecular weight excluding hydrogens is 396 g/mol. The summed E-state index contributed by atoms with van der Waals surface area (Å²) in [5.41, 5.74) is 4.48. The van der Waals surface area contributed by atoms with Gasteiger partial charge in [0.25, 0.3) is 5.91 Å². The minimum atomic E-state index is -0.340. The molecule has 0 aliphatic carbocycles. The van der Waals surface area contributed by atoms with Gasteiger partial charge in [0.05, 0.1) is 16.4 Å². The Kier molecular flexibility index (Phi) is 5.48. The van der Waals surface area contributed by atoms with E-state index in [1.165, 1.54) is 4.68 Å². The second-order valence-corrected chi connectivity index (χ2v) is 6.35. The zero-order valence-electron chi connectivity index (χ0n) is 14.3. The number of halogens is 1. The van der Waals surface area contributed by atoms with Crippen LogP contribution in [0.2, 0.25) is 0 Å². The Morgan fingerprint density at radius 2 is 1.92 bits per heavy atom. The fourth-order valence-corrected chi connectivity index (χ4v) is 2.90. The second kappa shape index (κ2) is 7.97. The first kappa shape index (κ1) is 17.9. The Balaban J connectivity index is 1.67. The number of amides is 1. The number of carbonyl (C=O) groups is 1. The smallest absolute Gasteiger partial charge is 0.290 e. The lowest BCUT2D eigenvalue weighted by molar-refractivity contribution is 0.0945. The number of aromatic nitrogens is 2. The molecule has 6 nitrogen and oxygen atoms in total. The van der Waals surface area contributed by atoms with E-state index in [0.717, 1.165) is 17.0 Å². The molecule has 0 bridgehead atoms. The minimum Gasteiger partial charge on any atom is -0.457 e. The molecule has 0 aliphatic rings. The predicted molar refractivity (Wildman–Crippen MR) is 104 cm³/mol. The van der Waals surface area contributed by atoms with Crippen LogP contribution in [0.3, 0.4) is 0 Å². The predicted octanol–water partition coefficient (Wildman–Crippen LogP) is 4.05. The number of nitrogens with zero attached hydrogens (tertiary/aromatic N) is 3. The maximum Gasteiger partial charge on any atom is 0.290 e. The number of hydrogen-bond acceptors (Lipinski definition) is 4. The molecule has 1 N–H and O–H groups in total. The van der Waals surface area contributed by atoms with Gasteiger partial charge in [-0.05, 0) is 52.7 Å². The van der Waals surface area contributed by atoms with E-state index < -0.39 is 0 Å². The first-order valence-corrected chi connectivity index (χ1v) is 8.69. The van der Waals surface area contributed by atoms with Crippen LogP contribution in [-0.2, 0) is 7.05 Å². The van der Waals surface area contributed by atoms with E-state index in [0.29, 0.717) is 15.9 Å². The highest BCUT2D eigenvalue weighted by Crippen LogP contribution is 2.21. The van der Waals surface area contributed by atoms with Gasteiger partial charge in [-0.3, -0.25) is 9.48 Å². The van der Waals surface area contributed by atoms with Gasteiger partial charge in [-0.15, -0.1) is 0 Å². The number of rotatable bonds is 5. The summed E-state index contributed by atoms with van der Waals surface area (Å²) in [5.74, 6) is 1.11. The molecule has 132 valence electrons. The lowest BCUT2D eigenvalue weighted by Gasteiger charge is -2.05. The van der Waals surface area contributed by atoms with Gasteiger partial charge < -0.3 is 4.74 Å². The topological polar surface area (TPSA) is 68.5 Å². The zero-order valence-corrected chi connectivity index (χ0v) is 15.9. The van der Waals surface area contributed by atoms with Crippen molar-refractivity contribution in [2.45, 2.75) is 6.92 Å². The van der Waals surface area contributed by atoms with Gasteiger partial charge in [0.2, 0.25) is 0 Å². The molecule has 26 heavy (non-hydrogen) atoms. The standard InChI is InChI=1S/C19H17BrN4O2/c1-13-17(20)18(24(2)23-13)19(25)22-21-12-14-7-6-10-16(11-14)26-15-8-4-3-5-9-15/h3-12H,1-2H3,(H,22,25)/b21-12-. The number of ether oxygens (including phenoxy) is 1. The van der Waals surface area contributed by atoms with Gasteiger partial charge >= 0.3 is 0 Å². The van der Waals surface area contributed by atoms with E-state index in [4.69, 9.17) is 4.74 Å². The van der Waals surface area contributed by atoms with Crippen LogP contribution in [0.1, 0.15) is 21.7 Å². The molecule has 3 aromatic rings. The van der Waals surface area contributed by atoms with Crippen molar-refractivity contribution < 1.29 is 9.53 Å². The SMILES string of the molecule is Cc1nn(C)c(C(=O)N/N=C\c2cccc(Oc3ccccc3)c2)c1Br. The second-order valence-electron chi connectivity index (χ2n) is 5.56. The van der Waals surface area contributed by atoms with Gasteiger partial charge in [-0.1, -0.05) is 30.3 Å². The summed E-state index contributed by atoms with van der Waals surface area (Å²) in [5, 5.41) is 8.21. The molecule has 0 spiro atoms. The maximum absolute atomic E-state index is 12.3. The summed E-state index contributed by atoms with van der Waals surface area (Å²) >= 11 is 3.37. The summed E-state index contributed by atoms with van der Waals surface area (Å²) in [4.78, 5) is 12.3. The van der Waals surface area contributed by atoms with E-state index in [1.54, 1.807) is 13.3 Å². The average Bonchev–Trinajstić information content (AvgIpc) is 2.88. The van der Waals surface area contributed by atoms with Crippen LogP contribution >= 0.6 is 15.9 Å². The Labute approximate surface area is 159 Å². The number of carbonyl (C=O) groups excluding carboxylic acids is 1. The van der Waals surface area contributed by atoms with Crippen molar-refractivity contribution in [3.05, 3.63) is 76.0 Å². The molecule has 0 atom stereocenters. The summed E-state index contributed by atoms with van der Waals surface area (Å²) in [6.45, 7) is 1.82. The van der Waals surface area contributed by atoms with Crippen LogP contribution in [0.15, 0.2) is 64.2 Å². The van der Waals surface area contributed by atoms with Crippen LogP contribution in [0.4, 0.5) is 0 Å². The van der Waals surface area contributed by atoms with Crippen molar-refractivity contribution in [2.24, 2.45) is 12.1 Å². The molecule has 0 saturated heterocycles. The molecule has 0 aliphatic heterocycles. The van der Waals surface area contributed by atoms with Crippen molar-refractivity contribution >= 4 is 28.1 Å². The monoisotopic (exact) mass is 412 g/mol. The fraction of sp³-hybridized carbons (Fsp3) is 0.105. The third-order valence-electron chi connectivity index (χ3n) is 3.58. The van der Waals surface area contributed by atoms with E-state index in [2.05, 4.69) is 31.6 Å². The Morgan fingerprint density at radius 3 is 2.62 bits per heavy atom. The van der Waals surface area contributed by atoms with Gasteiger partial charge in [-0.25, -0.2) is 5.43 Å². The van der Waals surface area contributed by atoms with Crippen molar-refractivity contribution in [1.82, 2.24) is 15.2 Å². The summed E-state index contributed by atoms with van der Waals surface area (Å²) in [7, 11) is 1.71. The zero-order chi connectivity index (χ0) is 18.5. The fourth-order valence-electron chi connectivity index (χ4n) is 2.38. The van der Waals surface area contributed by atoms with Crippen LogP contribution in [0, 0.1) is 6.92 Å². The van der Waals surface area contributed by atoms with Crippen molar-refractivity contribution in [2.75, 3.05) is 0 Å². The molecule has 2 aromatic carbocycles. The highest BCUT2D eigenvalue weighted by atomic mass is 79.9. The molecule has 1 heterocycles. The minimum absolute atomic E-state index is 0.340. The average molecular weight is 413 g/mol. The molecular formula is C19H17BrN4O2. The van der Waals surface area contributed by atoms with E-state index in [-0.39, 0.29) is 5.91 Å². The quantitative estimate of drug-likeness (QED) is 0.507. The largest absolute Gasteiger partial charge is 0.457 e. The molecule has 1 aromatic heterocycles. The summed E-state index contributed by atoms with van der Waals surface area (Å²) < 4.78 is 7.95.